The molecule has 144 valence electrons. The standard InChI is InChI=1S/C24H30O3/c1-21(12-10-18-26-19-22-13-4-2-5-14-22)11-8-9-17-24(25)27-20-23-15-6-3-7-16-23/h2-8,11,13-16,21H,9-10,12,17-20H2,1H3/b11-8+/t21-/m0/s1. The quantitative estimate of drug-likeness (QED) is 0.275. The van der Waals surface area contributed by atoms with Gasteiger partial charge in [-0.3, -0.25) is 4.79 Å². The van der Waals surface area contributed by atoms with Crippen molar-refractivity contribution in [1.29, 1.82) is 0 Å². The van der Waals surface area contributed by atoms with Crippen LogP contribution < -0.4 is 0 Å². The Kier molecular flexibility index (Phi) is 9.98. The number of esters is 1. The van der Waals surface area contributed by atoms with Crippen LogP contribution in [-0.2, 0) is 27.5 Å². The molecule has 0 heterocycles. The van der Waals surface area contributed by atoms with Gasteiger partial charge in [-0.1, -0.05) is 79.7 Å². The first kappa shape index (κ1) is 20.9. The molecule has 3 heteroatoms. The van der Waals surface area contributed by atoms with E-state index < -0.39 is 0 Å². The summed E-state index contributed by atoms with van der Waals surface area (Å²) in [6, 6.07) is 20.0. The van der Waals surface area contributed by atoms with Crippen molar-refractivity contribution >= 4 is 5.97 Å². The number of carbonyl (C=O) groups excluding carboxylic acids is 1. The van der Waals surface area contributed by atoms with Crippen LogP contribution in [0.2, 0.25) is 0 Å². The number of ether oxygens (including phenoxy) is 2. The lowest BCUT2D eigenvalue weighted by molar-refractivity contribution is -0.144. The third kappa shape index (κ3) is 9.76. The summed E-state index contributed by atoms with van der Waals surface area (Å²) in [7, 11) is 0. The molecule has 27 heavy (non-hydrogen) atoms. The summed E-state index contributed by atoms with van der Waals surface area (Å²) in [5, 5.41) is 0. The van der Waals surface area contributed by atoms with Gasteiger partial charge in [-0.05, 0) is 36.3 Å². The van der Waals surface area contributed by atoms with Crippen LogP contribution in [0.15, 0.2) is 72.8 Å². The Bertz CT molecular complexity index is 665. The summed E-state index contributed by atoms with van der Waals surface area (Å²) in [5.74, 6) is 0.344. The first-order chi connectivity index (χ1) is 13.2. The molecule has 0 spiro atoms. The Labute approximate surface area is 163 Å². The summed E-state index contributed by atoms with van der Waals surface area (Å²) >= 11 is 0. The SMILES string of the molecule is C[C@@H](/C=C/CCC(=O)OCc1ccccc1)CCCOCc1ccccc1. The van der Waals surface area contributed by atoms with Gasteiger partial charge in [-0.15, -0.1) is 0 Å². The Balaban J connectivity index is 1.48. The number of benzene rings is 2. The monoisotopic (exact) mass is 366 g/mol. The molecular weight excluding hydrogens is 336 g/mol. The van der Waals surface area contributed by atoms with E-state index in [9.17, 15) is 4.79 Å². The number of hydrogen-bond acceptors (Lipinski definition) is 3. The van der Waals surface area contributed by atoms with E-state index in [1.54, 1.807) is 0 Å². The molecule has 3 nitrogen and oxygen atoms in total. The molecule has 0 aliphatic heterocycles. The van der Waals surface area contributed by atoms with Crippen molar-refractivity contribution in [3.63, 3.8) is 0 Å². The van der Waals surface area contributed by atoms with Gasteiger partial charge in [0.05, 0.1) is 6.61 Å². The summed E-state index contributed by atoms with van der Waals surface area (Å²) in [5.41, 5.74) is 2.23. The average molecular weight is 367 g/mol. The molecule has 0 aliphatic rings. The van der Waals surface area contributed by atoms with Crippen molar-refractivity contribution in [2.24, 2.45) is 5.92 Å². The Morgan fingerprint density at radius 3 is 2.26 bits per heavy atom. The molecule has 0 unspecified atom stereocenters. The molecule has 2 aromatic carbocycles. The largest absolute Gasteiger partial charge is 0.461 e. The van der Waals surface area contributed by atoms with Gasteiger partial charge in [0.15, 0.2) is 0 Å². The molecule has 0 radical (unpaired) electrons. The molecule has 2 rings (SSSR count). The van der Waals surface area contributed by atoms with Crippen molar-refractivity contribution in [3.05, 3.63) is 83.9 Å². The van der Waals surface area contributed by atoms with Gasteiger partial charge in [0.1, 0.15) is 6.61 Å². The van der Waals surface area contributed by atoms with Crippen molar-refractivity contribution in [2.45, 2.75) is 45.8 Å². The minimum Gasteiger partial charge on any atom is -0.461 e. The van der Waals surface area contributed by atoms with Gasteiger partial charge in [-0.2, -0.15) is 0 Å². The van der Waals surface area contributed by atoms with E-state index in [0.29, 0.717) is 25.6 Å². The Morgan fingerprint density at radius 1 is 0.963 bits per heavy atom. The van der Waals surface area contributed by atoms with Crippen LogP contribution in [0.25, 0.3) is 0 Å². The molecule has 0 amide bonds. The molecule has 0 aromatic heterocycles. The lowest BCUT2D eigenvalue weighted by Crippen LogP contribution is -2.03. The van der Waals surface area contributed by atoms with E-state index in [1.165, 1.54) is 5.56 Å². The molecule has 1 atom stereocenters. The second-order valence-corrected chi connectivity index (χ2v) is 6.77. The van der Waals surface area contributed by atoms with E-state index in [1.807, 2.05) is 48.5 Å². The van der Waals surface area contributed by atoms with Gasteiger partial charge in [-0.25, -0.2) is 0 Å². The first-order valence-electron chi connectivity index (χ1n) is 9.72. The van der Waals surface area contributed by atoms with E-state index >= 15 is 0 Å². The zero-order valence-electron chi connectivity index (χ0n) is 16.2. The second-order valence-electron chi connectivity index (χ2n) is 6.77. The lowest BCUT2D eigenvalue weighted by atomic mass is 10.0. The van der Waals surface area contributed by atoms with E-state index in [-0.39, 0.29) is 5.97 Å². The molecule has 0 bridgehead atoms. The highest BCUT2D eigenvalue weighted by molar-refractivity contribution is 5.69. The highest BCUT2D eigenvalue weighted by Gasteiger charge is 2.02. The van der Waals surface area contributed by atoms with Crippen LogP contribution in [0, 0.1) is 5.92 Å². The zero-order chi connectivity index (χ0) is 19.2. The Hall–Kier alpha value is -2.39. The van der Waals surface area contributed by atoms with Crippen molar-refractivity contribution in [3.8, 4) is 0 Å². The maximum atomic E-state index is 11.7. The molecule has 0 saturated carbocycles. The second kappa shape index (κ2) is 12.9. The van der Waals surface area contributed by atoms with Crippen LogP contribution in [0.3, 0.4) is 0 Å². The third-order valence-electron chi connectivity index (χ3n) is 4.28. The lowest BCUT2D eigenvalue weighted by Gasteiger charge is -2.07. The molecule has 0 aliphatic carbocycles. The number of allylic oxidation sites excluding steroid dienone is 2. The fraction of sp³-hybridized carbons (Fsp3) is 0.375. The summed E-state index contributed by atoms with van der Waals surface area (Å²) in [6.07, 6.45) is 7.54. The first-order valence-corrected chi connectivity index (χ1v) is 9.72. The third-order valence-corrected chi connectivity index (χ3v) is 4.28. The van der Waals surface area contributed by atoms with Crippen LogP contribution in [0.4, 0.5) is 0 Å². The summed E-state index contributed by atoms with van der Waals surface area (Å²) < 4.78 is 11.0. The fourth-order valence-electron chi connectivity index (χ4n) is 2.71. The maximum absolute atomic E-state index is 11.7. The average Bonchev–Trinajstić information content (AvgIpc) is 2.71. The van der Waals surface area contributed by atoms with Crippen molar-refractivity contribution < 1.29 is 14.3 Å². The number of rotatable bonds is 12. The van der Waals surface area contributed by atoms with Crippen LogP contribution in [0.1, 0.15) is 43.7 Å². The molecule has 0 saturated heterocycles. The van der Waals surface area contributed by atoms with Gasteiger partial charge < -0.3 is 9.47 Å². The molecule has 0 fully saturated rings. The van der Waals surface area contributed by atoms with Gasteiger partial charge in [0.2, 0.25) is 0 Å². The van der Waals surface area contributed by atoms with Crippen LogP contribution in [-0.4, -0.2) is 12.6 Å². The normalized spacial score (nSPS) is 12.2. The van der Waals surface area contributed by atoms with Crippen molar-refractivity contribution in [2.75, 3.05) is 6.61 Å². The highest BCUT2D eigenvalue weighted by atomic mass is 16.5. The summed E-state index contributed by atoms with van der Waals surface area (Å²) in [6.45, 7) is 4.00. The van der Waals surface area contributed by atoms with E-state index in [0.717, 1.165) is 31.4 Å². The van der Waals surface area contributed by atoms with Gasteiger partial charge in [0.25, 0.3) is 0 Å². The highest BCUT2D eigenvalue weighted by Crippen LogP contribution is 2.10. The fourth-order valence-corrected chi connectivity index (χ4v) is 2.71. The van der Waals surface area contributed by atoms with Crippen LogP contribution >= 0.6 is 0 Å². The predicted octanol–water partition coefficient (Wildman–Crippen LogP) is 5.70. The predicted molar refractivity (Wildman–Crippen MR) is 109 cm³/mol. The molecule has 2 aromatic rings. The van der Waals surface area contributed by atoms with Gasteiger partial charge in [0, 0.05) is 13.0 Å². The van der Waals surface area contributed by atoms with Gasteiger partial charge >= 0.3 is 5.97 Å². The van der Waals surface area contributed by atoms with E-state index in [2.05, 4.69) is 31.2 Å². The maximum Gasteiger partial charge on any atom is 0.306 e. The van der Waals surface area contributed by atoms with Crippen molar-refractivity contribution in [1.82, 2.24) is 0 Å². The Morgan fingerprint density at radius 2 is 1.59 bits per heavy atom. The minimum absolute atomic E-state index is 0.148. The minimum atomic E-state index is -0.148. The van der Waals surface area contributed by atoms with E-state index in [4.69, 9.17) is 9.47 Å². The number of hydrogen-bond donors (Lipinski definition) is 0. The molecule has 0 N–H and O–H groups in total. The topological polar surface area (TPSA) is 35.5 Å². The smallest absolute Gasteiger partial charge is 0.306 e. The van der Waals surface area contributed by atoms with Crippen LogP contribution in [0.5, 0.6) is 0 Å². The number of carbonyl (C=O) groups is 1. The summed E-state index contributed by atoms with van der Waals surface area (Å²) in [4.78, 5) is 11.7. The zero-order valence-corrected chi connectivity index (χ0v) is 16.2. The molecular formula is C24H30O3.